The minimum absolute atomic E-state index is 0.0108. The fourth-order valence-electron chi connectivity index (χ4n) is 1.82. The Morgan fingerprint density at radius 3 is 2.45 bits per heavy atom. The quantitative estimate of drug-likeness (QED) is 0.675. The molecule has 0 fully saturated rings. The van der Waals surface area contributed by atoms with Crippen molar-refractivity contribution in [1.82, 2.24) is 10.0 Å². The van der Waals surface area contributed by atoms with Crippen molar-refractivity contribution in [2.24, 2.45) is 5.92 Å². The van der Waals surface area contributed by atoms with E-state index < -0.39 is 33.0 Å². The van der Waals surface area contributed by atoms with Gasteiger partial charge in [-0.1, -0.05) is 20.3 Å². The molecule has 0 bridgehead atoms. The van der Waals surface area contributed by atoms with E-state index in [9.17, 15) is 18.0 Å². The zero-order chi connectivity index (χ0) is 17.1. The first-order valence-corrected chi connectivity index (χ1v) is 8.20. The maximum Gasteiger partial charge on any atom is 0.326 e. The number of hydrogen-bond acceptors (Lipinski definition) is 5. The van der Waals surface area contributed by atoms with E-state index in [0.29, 0.717) is 6.42 Å². The van der Waals surface area contributed by atoms with Gasteiger partial charge in [0.1, 0.15) is 11.8 Å². The van der Waals surface area contributed by atoms with E-state index in [1.807, 2.05) is 6.92 Å². The van der Waals surface area contributed by atoms with Crippen LogP contribution in [0, 0.1) is 12.8 Å². The largest absolute Gasteiger partial charge is 0.480 e. The molecule has 1 aromatic rings. The van der Waals surface area contributed by atoms with Gasteiger partial charge in [0.05, 0.1) is 5.56 Å². The number of sulfonamides is 1. The molecular formula is C13H20N2O6S. The van der Waals surface area contributed by atoms with Gasteiger partial charge in [0.25, 0.3) is 15.9 Å². The first-order valence-electron chi connectivity index (χ1n) is 6.71. The van der Waals surface area contributed by atoms with Crippen LogP contribution in [0.3, 0.4) is 0 Å². The summed E-state index contributed by atoms with van der Waals surface area (Å²) in [5, 5.41) is 11.2. The summed E-state index contributed by atoms with van der Waals surface area (Å²) in [5.41, 5.74) is -0.0108. The average molecular weight is 332 g/mol. The van der Waals surface area contributed by atoms with Gasteiger partial charge in [-0.05, 0) is 19.9 Å². The second-order valence-corrected chi connectivity index (χ2v) is 6.74. The minimum Gasteiger partial charge on any atom is -0.480 e. The lowest BCUT2D eigenvalue weighted by Crippen LogP contribution is -2.45. The molecule has 0 radical (unpaired) electrons. The van der Waals surface area contributed by atoms with Gasteiger partial charge in [-0.25, -0.2) is 17.9 Å². The molecule has 0 spiro atoms. The second-order valence-electron chi connectivity index (χ2n) is 4.92. The van der Waals surface area contributed by atoms with Crippen molar-refractivity contribution in [1.29, 1.82) is 0 Å². The Labute approximate surface area is 128 Å². The summed E-state index contributed by atoms with van der Waals surface area (Å²) >= 11 is 0. The van der Waals surface area contributed by atoms with Crippen LogP contribution in [0.25, 0.3) is 0 Å². The summed E-state index contributed by atoms with van der Waals surface area (Å²) < 4.78 is 30.4. The van der Waals surface area contributed by atoms with Crippen molar-refractivity contribution in [3.8, 4) is 0 Å². The number of aryl methyl sites for hydroxylation is 1. The van der Waals surface area contributed by atoms with Gasteiger partial charge < -0.3 is 14.8 Å². The van der Waals surface area contributed by atoms with E-state index in [0.717, 1.165) is 6.07 Å². The van der Waals surface area contributed by atoms with Crippen LogP contribution in [0.2, 0.25) is 0 Å². The van der Waals surface area contributed by atoms with Crippen molar-refractivity contribution in [3.05, 3.63) is 17.4 Å². The van der Waals surface area contributed by atoms with E-state index in [4.69, 9.17) is 9.52 Å². The van der Waals surface area contributed by atoms with Crippen molar-refractivity contribution >= 4 is 21.9 Å². The Kier molecular flexibility index (Phi) is 5.72. The summed E-state index contributed by atoms with van der Waals surface area (Å²) in [7, 11) is -2.59. The molecule has 124 valence electrons. The third kappa shape index (κ3) is 3.86. The molecule has 0 aromatic carbocycles. The Morgan fingerprint density at radius 2 is 2.00 bits per heavy atom. The average Bonchev–Trinajstić information content (AvgIpc) is 2.86. The standard InChI is InChI=1S/C13H20N2O6S/c1-5-7(2)11(13(17)18)15-12(16)9-6-10(21-8(9)3)22(19,20)14-4/h6-7,11,14H,5H2,1-4H3,(H,15,16)(H,17,18)/t7-,11-/m0/s1. The molecule has 2 atom stereocenters. The van der Waals surface area contributed by atoms with Crippen LogP contribution in [0.5, 0.6) is 0 Å². The number of carbonyl (C=O) groups excluding carboxylic acids is 1. The number of rotatable bonds is 7. The number of furan rings is 1. The van der Waals surface area contributed by atoms with Crippen LogP contribution < -0.4 is 10.0 Å². The molecule has 0 aliphatic heterocycles. The van der Waals surface area contributed by atoms with E-state index in [2.05, 4.69) is 10.0 Å². The number of nitrogens with one attached hydrogen (secondary N) is 2. The molecule has 1 amide bonds. The molecule has 1 aromatic heterocycles. The fraction of sp³-hybridized carbons (Fsp3) is 0.538. The number of amides is 1. The molecule has 0 unspecified atom stereocenters. The van der Waals surface area contributed by atoms with Gasteiger partial charge in [0, 0.05) is 6.07 Å². The van der Waals surface area contributed by atoms with Crippen LogP contribution in [0.15, 0.2) is 15.6 Å². The lowest BCUT2D eigenvalue weighted by molar-refractivity contribution is -0.140. The topological polar surface area (TPSA) is 126 Å². The summed E-state index contributed by atoms with van der Waals surface area (Å²) in [6.45, 7) is 4.95. The highest BCUT2D eigenvalue weighted by Crippen LogP contribution is 2.19. The van der Waals surface area contributed by atoms with Gasteiger partial charge in [0.15, 0.2) is 0 Å². The maximum absolute atomic E-state index is 12.2. The summed E-state index contributed by atoms with van der Waals surface area (Å²) in [4.78, 5) is 23.4. The fourth-order valence-corrected chi connectivity index (χ4v) is 2.52. The zero-order valence-corrected chi connectivity index (χ0v) is 13.7. The summed E-state index contributed by atoms with van der Waals surface area (Å²) in [5.74, 6) is -2.01. The third-order valence-corrected chi connectivity index (χ3v) is 4.71. The van der Waals surface area contributed by atoms with E-state index in [-0.39, 0.29) is 17.2 Å². The van der Waals surface area contributed by atoms with Gasteiger partial charge in [0.2, 0.25) is 5.09 Å². The minimum atomic E-state index is -3.81. The highest BCUT2D eigenvalue weighted by Gasteiger charge is 2.28. The number of hydrogen-bond donors (Lipinski definition) is 3. The van der Waals surface area contributed by atoms with Crippen LogP contribution in [0.1, 0.15) is 36.4 Å². The Morgan fingerprint density at radius 1 is 1.41 bits per heavy atom. The second kappa shape index (κ2) is 6.93. The molecule has 1 rings (SSSR count). The zero-order valence-electron chi connectivity index (χ0n) is 12.8. The smallest absolute Gasteiger partial charge is 0.326 e. The van der Waals surface area contributed by atoms with Gasteiger partial charge in [-0.2, -0.15) is 0 Å². The summed E-state index contributed by atoms with van der Waals surface area (Å²) in [6.07, 6.45) is 0.570. The monoisotopic (exact) mass is 332 g/mol. The Balaban J connectivity index is 3.06. The van der Waals surface area contributed by atoms with Gasteiger partial charge in [-0.15, -0.1) is 0 Å². The van der Waals surface area contributed by atoms with Crippen LogP contribution >= 0.6 is 0 Å². The highest BCUT2D eigenvalue weighted by molar-refractivity contribution is 7.89. The Hall–Kier alpha value is -1.87. The van der Waals surface area contributed by atoms with Crippen molar-refractivity contribution < 1.29 is 27.5 Å². The van der Waals surface area contributed by atoms with Crippen molar-refractivity contribution in [3.63, 3.8) is 0 Å². The predicted octanol–water partition coefficient (Wildman–Crippen LogP) is 0.725. The lowest BCUT2D eigenvalue weighted by atomic mass is 9.99. The van der Waals surface area contributed by atoms with Crippen LogP contribution in [-0.2, 0) is 14.8 Å². The summed E-state index contributed by atoms with van der Waals surface area (Å²) in [6, 6.07) is 0.0163. The third-order valence-electron chi connectivity index (χ3n) is 3.44. The van der Waals surface area contributed by atoms with Gasteiger partial charge >= 0.3 is 5.97 Å². The van der Waals surface area contributed by atoms with E-state index in [1.54, 1.807) is 6.92 Å². The molecule has 1 heterocycles. The predicted molar refractivity (Wildman–Crippen MR) is 78.0 cm³/mol. The molecular weight excluding hydrogens is 312 g/mol. The van der Waals surface area contributed by atoms with Gasteiger partial charge in [-0.3, -0.25) is 4.79 Å². The molecule has 8 nitrogen and oxygen atoms in total. The lowest BCUT2D eigenvalue weighted by Gasteiger charge is -2.19. The first-order chi connectivity index (χ1) is 10.1. The first kappa shape index (κ1) is 18.2. The van der Waals surface area contributed by atoms with Crippen LogP contribution in [-0.4, -0.2) is 38.5 Å². The molecule has 0 aliphatic carbocycles. The maximum atomic E-state index is 12.2. The van der Waals surface area contributed by atoms with Crippen molar-refractivity contribution in [2.45, 2.75) is 38.3 Å². The normalized spacial score (nSPS) is 14.4. The van der Waals surface area contributed by atoms with E-state index in [1.165, 1.54) is 14.0 Å². The van der Waals surface area contributed by atoms with Crippen molar-refractivity contribution in [2.75, 3.05) is 7.05 Å². The molecule has 22 heavy (non-hydrogen) atoms. The van der Waals surface area contributed by atoms with E-state index >= 15 is 0 Å². The SMILES string of the molecule is CC[C@H](C)[C@H](NC(=O)c1cc(S(=O)(=O)NC)oc1C)C(=O)O. The number of carboxylic acids is 1. The molecule has 0 saturated carbocycles. The molecule has 0 saturated heterocycles. The Bertz CT molecular complexity index is 664. The number of aliphatic carboxylic acids is 1. The molecule has 9 heteroatoms. The molecule has 0 aliphatic rings. The molecule has 3 N–H and O–H groups in total. The number of carbonyl (C=O) groups is 2. The highest BCUT2D eigenvalue weighted by atomic mass is 32.2. The van der Waals surface area contributed by atoms with Crippen LogP contribution in [0.4, 0.5) is 0 Å². The number of carboxylic acid groups (broad SMARTS) is 1.